The molecule has 0 aliphatic rings. The van der Waals surface area contributed by atoms with Gasteiger partial charge in [0.05, 0.1) is 19.7 Å². The van der Waals surface area contributed by atoms with Crippen molar-refractivity contribution >= 4 is 22.7 Å². The predicted molar refractivity (Wildman–Crippen MR) is 69.5 cm³/mol. The van der Waals surface area contributed by atoms with Gasteiger partial charge in [-0.05, 0) is 18.4 Å². The van der Waals surface area contributed by atoms with Gasteiger partial charge in [0.2, 0.25) is 0 Å². The molecule has 5 heteroatoms. The third-order valence-corrected chi connectivity index (χ3v) is 3.33. The monoisotopic (exact) mass is 251 g/mol. The van der Waals surface area contributed by atoms with Crippen LogP contribution in [0, 0.1) is 0 Å². The minimum atomic E-state index is -0.161. The van der Waals surface area contributed by atoms with E-state index in [9.17, 15) is 4.79 Å². The highest BCUT2D eigenvalue weighted by molar-refractivity contribution is 7.98. The van der Waals surface area contributed by atoms with Gasteiger partial charge in [-0.3, -0.25) is 4.79 Å². The summed E-state index contributed by atoms with van der Waals surface area (Å²) in [7, 11) is 3.13. The molecule has 0 radical (unpaired) electrons. The minimum absolute atomic E-state index is 0.161. The average molecular weight is 251 g/mol. The topological polar surface area (TPSA) is 51.3 Å². The van der Waals surface area contributed by atoms with Crippen LogP contribution in [0.4, 0.5) is 0 Å². The lowest BCUT2D eigenvalue weighted by atomic mass is 10.2. The fraction of sp³-hybridized carbons (Fsp3) is 0.250. The van der Waals surface area contributed by atoms with Gasteiger partial charge in [0.1, 0.15) is 16.4 Å². The standard InChI is InChI=1S/C12H13NO3S/c1-15-8-6-4-5-7-9(8)13-12(14)11(17-3)10(7)16-2/h4-6H,1-3H3,(H,13,14). The molecule has 90 valence electrons. The van der Waals surface area contributed by atoms with Crippen LogP contribution in [0.5, 0.6) is 11.5 Å². The Bertz CT molecular complexity index is 606. The number of aromatic amines is 1. The van der Waals surface area contributed by atoms with E-state index < -0.39 is 0 Å². The second-order valence-electron chi connectivity index (χ2n) is 3.40. The Balaban J connectivity index is 2.92. The molecule has 2 aromatic rings. The largest absolute Gasteiger partial charge is 0.495 e. The first-order valence-electron chi connectivity index (χ1n) is 5.04. The Morgan fingerprint density at radius 2 is 2.00 bits per heavy atom. The molecule has 0 fully saturated rings. The van der Waals surface area contributed by atoms with Crippen molar-refractivity contribution in [1.82, 2.24) is 4.98 Å². The van der Waals surface area contributed by atoms with E-state index in [0.717, 1.165) is 5.39 Å². The minimum Gasteiger partial charge on any atom is -0.495 e. The van der Waals surface area contributed by atoms with Gasteiger partial charge in [-0.1, -0.05) is 6.07 Å². The van der Waals surface area contributed by atoms with E-state index in [1.165, 1.54) is 11.8 Å². The molecule has 0 aliphatic carbocycles. The molecule has 0 atom stereocenters. The van der Waals surface area contributed by atoms with Crippen molar-refractivity contribution in [3.05, 3.63) is 28.6 Å². The quantitative estimate of drug-likeness (QED) is 0.850. The van der Waals surface area contributed by atoms with Crippen molar-refractivity contribution in [2.75, 3.05) is 20.5 Å². The zero-order valence-electron chi connectivity index (χ0n) is 9.87. The summed E-state index contributed by atoms with van der Waals surface area (Å²) in [5.41, 5.74) is 0.501. The van der Waals surface area contributed by atoms with Crippen molar-refractivity contribution in [3.63, 3.8) is 0 Å². The zero-order chi connectivity index (χ0) is 12.4. The van der Waals surface area contributed by atoms with Crippen molar-refractivity contribution in [3.8, 4) is 11.5 Å². The summed E-state index contributed by atoms with van der Waals surface area (Å²) in [5.74, 6) is 1.22. The Morgan fingerprint density at radius 1 is 1.24 bits per heavy atom. The van der Waals surface area contributed by atoms with Crippen LogP contribution < -0.4 is 15.0 Å². The molecule has 0 aliphatic heterocycles. The van der Waals surface area contributed by atoms with Crippen molar-refractivity contribution in [2.45, 2.75) is 4.90 Å². The first-order chi connectivity index (χ1) is 8.22. The maximum Gasteiger partial charge on any atom is 0.266 e. The lowest BCUT2D eigenvalue weighted by Crippen LogP contribution is -2.10. The van der Waals surface area contributed by atoms with Gasteiger partial charge in [-0.25, -0.2) is 0 Å². The van der Waals surface area contributed by atoms with Gasteiger partial charge < -0.3 is 14.5 Å². The highest BCUT2D eigenvalue weighted by atomic mass is 32.2. The molecule has 0 saturated heterocycles. The van der Waals surface area contributed by atoms with Crippen LogP contribution in [0.3, 0.4) is 0 Å². The molecular formula is C12H13NO3S. The number of nitrogens with one attached hydrogen (secondary N) is 1. The van der Waals surface area contributed by atoms with Crippen molar-refractivity contribution in [1.29, 1.82) is 0 Å². The first-order valence-corrected chi connectivity index (χ1v) is 6.26. The lowest BCUT2D eigenvalue weighted by Gasteiger charge is -2.11. The Labute approximate surface area is 103 Å². The number of hydrogen-bond donors (Lipinski definition) is 1. The van der Waals surface area contributed by atoms with E-state index >= 15 is 0 Å². The molecule has 1 aromatic carbocycles. The second-order valence-corrected chi connectivity index (χ2v) is 4.22. The second kappa shape index (κ2) is 4.71. The summed E-state index contributed by atoms with van der Waals surface area (Å²) in [6.07, 6.45) is 1.85. The molecule has 0 bridgehead atoms. The zero-order valence-corrected chi connectivity index (χ0v) is 10.7. The maximum atomic E-state index is 11.9. The number of pyridine rings is 1. The fourth-order valence-electron chi connectivity index (χ4n) is 1.80. The Morgan fingerprint density at radius 3 is 2.59 bits per heavy atom. The van der Waals surface area contributed by atoms with E-state index in [-0.39, 0.29) is 5.56 Å². The van der Waals surface area contributed by atoms with Gasteiger partial charge in [0.25, 0.3) is 5.56 Å². The first kappa shape index (κ1) is 11.9. The normalized spacial score (nSPS) is 10.5. The third kappa shape index (κ3) is 1.86. The average Bonchev–Trinajstić information content (AvgIpc) is 2.36. The number of para-hydroxylation sites is 1. The van der Waals surface area contributed by atoms with Gasteiger partial charge in [-0.2, -0.15) is 0 Å². The van der Waals surface area contributed by atoms with E-state index in [1.54, 1.807) is 20.3 Å². The highest BCUT2D eigenvalue weighted by Gasteiger charge is 2.14. The van der Waals surface area contributed by atoms with Gasteiger partial charge >= 0.3 is 0 Å². The van der Waals surface area contributed by atoms with Crippen LogP contribution >= 0.6 is 11.8 Å². The van der Waals surface area contributed by atoms with E-state index in [1.807, 2.05) is 18.4 Å². The van der Waals surface area contributed by atoms with Crippen LogP contribution in [0.15, 0.2) is 27.9 Å². The number of hydrogen-bond acceptors (Lipinski definition) is 4. The van der Waals surface area contributed by atoms with Crippen LogP contribution in [-0.2, 0) is 0 Å². The summed E-state index contributed by atoms with van der Waals surface area (Å²) >= 11 is 1.37. The number of fused-ring (bicyclic) bond motifs is 1. The molecule has 1 heterocycles. The van der Waals surface area contributed by atoms with Gasteiger partial charge in [-0.15, -0.1) is 11.8 Å². The summed E-state index contributed by atoms with van der Waals surface area (Å²) in [6, 6.07) is 5.56. The molecule has 0 saturated carbocycles. The molecule has 1 aromatic heterocycles. The molecular weight excluding hydrogens is 238 g/mol. The summed E-state index contributed by atoms with van der Waals surface area (Å²) in [6.45, 7) is 0. The molecule has 0 unspecified atom stereocenters. The Hall–Kier alpha value is -1.62. The highest BCUT2D eigenvalue weighted by Crippen LogP contribution is 2.34. The molecule has 1 N–H and O–H groups in total. The number of ether oxygens (including phenoxy) is 2. The third-order valence-electron chi connectivity index (χ3n) is 2.55. The number of thioether (sulfide) groups is 1. The number of H-pyrrole nitrogens is 1. The fourth-order valence-corrected chi connectivity index (χ4v) is 2.42. The Kier molecular flexibility index (Phi) is 3.28. The molecule has 4 nitrogen and oxygen atoms in total. The summed E-state index contributed by atoms with van der Waals surface area (Å²) < 4.78 is 10.6. The molecule has 0 spiro atoms. The van der Waals surface area contributed by atoms with Crippen LogP contribution in [0.25, 0.3) is 10.9 Å². The summed E-state index contributed by atoms with van der Waals surface area (Å²) in [5, 5.41) is 0.843. The summed E-state index contributed by atoms with van der Waals surface area (Å²) in [4.78, 5) is 15.3. The number of benzene rings is 1. The maximum absolute atomic E-state index is 11.9. The number of rotatable bonds is 3. The molecule has 0 amide bonds. The molecule has 17 heavy (non-hydrogen) atoms. The van der Waals surface area contributed by atoms with Crippen LogP contribution in [0.2, 0.25) is 0 Å². The van der Waals surface area contributed by atoms with E-state index in [2.05, 4.69) is 4.98 Å². The van der Waals surface area contributed by atoms with Crippen molar-refractivity contribution in [2.24, 2.45) is 0 Å². The number of methoxy groups -OCH3 is 2. The van der Waals surface area contributed by atoms with E-state index in [4.69, 9.17) is 9.47 Å². The molecule has 2 rings (SSSR count). The smallest absolute Gasteiger partial charge is 0.266 e. The van der Waals surface area contributed by atoms with Gasteiger partial charge in [0, 0.05) is 5.39 Å². The SMILES string of the molecule is COc1c(SC)c(=O)[nH]c2c(OC)cccc12. The lowest BCUT2D eigenvalue weighted by molar-refractivity contribution is 0.406. The number of aromatic nitrogens is 1. The van der Waals surface area contributed by atoms with Crippen molar-refractivity contribution < 1.29 is 9.47 Å². The van der Waals surface area contributed by atoms with Gasteiger partial charge in [0.15, 0.2) is 0 Å². The van der Waals surface area contributed by atoms with Crippen LogP contribution in [-0.4, -0.2) is 25.5 Å². The predicted octanol–water partition coefficient (Wildman–Crippen LogP) is 2.27. The van der Waals surface area contributed by atoms with Crippen LogP contribution in [0.1, 0.15) is 0 Å². The van der Waals surface area contributed by atoms with E-state index in [0.29, 0.717) is 21.9 Å².